The first-order valence-corrected chi connectivity index (χ1v) is 7.00. The molecule has 1 aromatic carbocycles. The molecule has 0 aliphatic heterocycles. The van der Waals surface area contributed by atoms with Crippen LogP contribution in [0.5, 0.6) is 0 Å². The normalized spacial score (nSPS) is 12.2. The number of hydrogen-bond acceptors (Lipinski definition) is 3. The third-order valence-corrected chi connectivity index (χ3v) is 3.35. The minimum atomic E-state index is -0.292. The van der Waals surface area contributed by atoms with Crippen LogP contribution < -0.4 is 5.32 Å². The first kappa shape index (κ1) is 16.4. The number of nitrogens with zero attached hydrogens (tertiary/aromatic N) is 1. The van der Waals surface area contributed by atoms with E-state index in [1.807, 2.05) is 39.1 Å². The van der Waals surface area contributed by atoms with Gasteiger partial charge in [-0.3, -0.25) is 10.1 Å². The van der Waals surface area contributed by atoms with Gasteiger partial charge in [0.25, 0.3) is 5.69 Å². The molecular formula is C16H24N2O2. The predicted octanol–water partition coefficient (Wildman–Crippen LogP) is 3.98. The van der Waals surface area contributed by atoms with Crippen LogP contribution in [0.2, 0.25) is 0 Å². The SMILES string of the molecule is CNCC(=Cc1ccc(C(C)C)c([N+](=O)[O-])c1)C(C)C. The van der Waals surface area contributed by atoms with Crippen LogP contribution in [0.25, 0.3) is 6.08 Å². The standard InChI is InChI=1S/C16H24N2O2/c1-11(2)14(10-17-5)8-13-6-7-15(12(3)4)16(9-13)18(19)20/h6-9,11-12,17H,10H2,1-5H3. The monoisotopic (exact) mass is 276 g/mol. The van der Waals surface area contributed by atoms with Gasteiger partial charge in [0, 0.05) is 18.2 Å². The van der Waals surface area contributed by atoms with Crippen molar-refractivity contribution in [2.24, 2.45) is 5.92 Å². The summed E-state index contributed by atoms with van der Waals surface area (Å²) in [7, 11) is 1.90. The fourth-order valence-electron chi connectivity index (χ4n) is 2.14. The topological polar surface area (TPSA) is 55.2 Å². The van der Waals surface area contributed by atoms with Crippen molar-refractivity contribution in [2.75, 3.05) is 13.6 Å². The zero-order valence-corrected chi connectivity index (χ0v) is 12.9. The number of hydrogen-bond donors (Lipinski definition) is 1. The zero-order valence-electron chi connectivity index (χ0n) is 12.9. The summed E-state index contributed by atoms with van der Waals surface area (Å²) in [6.07, 6.45) is 2.04. The van der Waals surface area contributed by atoms with E-state index in [0.29, 0.717) is 5.92 Å². The smallest absolute Gasteiger partial charge is 0.273 e. The van der Waals surface area contributed by atoms with E-state index in [-0.39, 0.29) is 16.5 Å². The van der Waals surface area contributed by atoms with Gasteiger partial charge in [0.2, 0.25) is 0 Å². The number of nitro groups is 1. The van der Waals surface area contributed by atoms with Crippen molar-refractivity contribution in [1.29, 1.82) is 0 Å². The Morgan fingerprint density at radius 3 is 2.45 bits per heavy atom. The second-order valence-corrected chi connectivity index (χ2v) is 5.63. The quantitative estimate of drug-likeness (QED) is 0.631. The van der Waals surface area contributed by atoms with Crippen molar-refractivity contribution in [3.63, 3.8) is 0 Å². The van der Waals surface area contributed by atoms with Crippen LogP contribution in [0.3, 0.4) is 0 Å². The van der Waals surface area contributed by atoms with Gasteiger partial charge in [0.05, 0.1) is 4.92 Å². The maximum atomic E-state index is 11.2. The maximum Gasteiger partial charge on any atom is 0.273 e. The fraction of sp³-hybridized carbons (Fsp3) is 0.500. The summed E-state index contributed by atoms with van der Waals surface area (Å²) in [5.74, 6) is 0.557. The molecule has 110 valence electrons. The van der Waals surface area contributed by atoms with E-state index < -0.39 is 0 Å². The lowest BCUT2D eigenvalue weighted by molar-refractivity contribution is -0.385. The molecule has 0 unspecified atom stereocenters. The Balaban J connectivity index is 3.24. The van der Waals surface area contributed by atoms with Crippen LogP contribution in [-0.2, 0) is 0 Å². The van der Waals surface area contributed by atoms with Gasteiger partial charge in [-0.2, -0.15) is 0 Å². The lowest BCUT2D eigenvalue weighted by Gasteiger charge is -2.12. The van der Waals surface area contributed by atoms with Crippen molar-refractivity contribution in [2.45, 2.75) is 33.6 Å². The highest BCUT2D eigenvalue weighted by atomic mass is 16.6. The molecule has 0 aliphatic rings. The lowest BCUT2D eigenvalue weighted by atomic mass is 9.96. The third-order valence-electron chi connectivity index (χ3n) is 3.35. The minimum Gasteiger partial charge on any atom is -0.316 e. The third kappa shape index (κ3) is 4.17. The fourth-order valence-corrected chi connectivity index (χ4v) is 2.14. The molecule has 0 heterocycles. The van der Waals surface area contributed by atoms with E-state index in [4.69, 9.17) is 0 Å². The summed E-state index contributed by atoms with van der Waals surface area (Å²) in [5.41, 5.74) is 3.12. The van der Waals surface area contributed by atoms with Gasteiger partial charge >= 0.3 is 0 Å². The van der Waals surface area contributed by atoms with Crippen molar-refractivity contribution >= 4 is 11.8 Å². The molecule has 0 radical (unpaired) electrons. The summed E-state index contributed by atoms with van der Waals surface area (Å²) in [5, 5.41) is 14.3. The maximum absolute atomic E-state index is 11.2. The van der Waals surface area contributed by atoms with E-state index in [1.54, 1.807) is 6.07 Å². The number of nitro benzene ring substituents is 1. The van der Waals surface area contributed by atoms with E-state index in [0.717, 1.165) is 17.7 Å². The van der Waals surface area contributed by atoms with Gasteiger partial charge in [0.15, 0.2) is 0 Å². The molecule has 0 amide bonds. The highest BCUT2D eigenvalue weighted by molar-refractivity contribution is 5.59. The van der Waals surface area contributed by atoms with Crippen LogP contribution in [-0.4, -0.2) is 18.5 Å². The van der Waals surface area contributed by atoms with E-state index in [1.165, 1.54) is 5.57 Å². The molecule has 1 rings (SSSR count). The summed E-state index contributed by atoms with van der Waals surface area (Å²) < 4.78 is 0. The Labute approximate surface area is 121 Å². The molecule has 0 spiro atoms. The van der Waals surface area contributed by atoms with Crippen LogP contribution in [0.1, 0.15) is 44.7 Å². The van der Waals surface area contributed by atoms with Crippen molar-refractivity contribution in [3.05, 3.63) is 45.0 Å². The molecule has 0 atom stereocenters. The van der Waals surface area contributed by atoms with Crippen molar-refractivity contribution < 1.29 is 4.92 Å². The summed E-state index contributed by atoms with van der Waals surface area (Å²) in [6, 6.07) is 5.50. The van der Waals surface area contributed by atoms with Gasteiger partial charge in [-0.05, 0) is 24.4 Å². The summed E-state index contributed by atoms with van der Waals surface area (Å²) in [4.78, 5) is 10.9. The minimum absolute atomic E-state index is 0.148. The largest absolute Gasteiger partial charge is 0.316 e. The number of nitrogens with one attached hydrogen (secondary N) is 1. The molecule has 4 nitrogen and oxygen atoms in total. The molecule has 0 fully saturated rings. The first-order chi connectivity index (χ1) is 9.36. The number of benzene rings is 1. The molecule has 1 aromatic rings. The second-order valence-electron chi connectivity index (χ2n) is 5.63. The number of rotatable bonds is 6. The van der Waals surface area contributed by atoms with Gasteiger partial charge in [-0.15, -0.1) is 0 Å². The molecule has 4 heteroatoms. The van der Waals surface area contributed by atoms with Crippen LogP contribution in [0.15, 0.2) is 23.8 Å². The van der Waals surface area contributed by atoms with Gasteiger partial charge < -0.3 is 5.32 Å². The average Bonchev–Trinajstić information content (AvgIpc) is 2.37. The highest BCUT2D eigenvalue weighted by Crippen LogP contribution is 2.28. The van der Waals surface area contributed by atoms with Crippen LogP contribution in [0, 0.1) is 16.0 Å². The molecule has 1 N–H and O–H groups in total. The van der Waals surface area contributed by atoms with E-state index in [2.05, 4.69) is 19.2 Å². The molecule has 0 aliphatic carbocycles. The molecule has 0 saturated carbocycles. The lowest BCUT2D eigenvalue weighted by Crippen LogP contribution is -2.13. The van der Waals surface area contributed by atoms with Crippen molar-refractivity contribution in [1.82, 2.24) is 5.32 Å². The Morgan fingerprint density at radius 2 is 2.00 bits per heavy atom. The van der Waals surface area contributed by atoms with E-state index in [9.17, 15) is 10.1 Å². The highest BCUT2D eigenvalue weighted by Gasteiger charge is 2.16. The van der Waals surface area contributed by atoms with Crippen molar-refractivity contribution in [3.8, 4) is 0 Å². The van der Waals surface area contributed by atoms with E-state index >= 15 is 0 Å². The summed E-state index contributed by atoms with van der Waals surface area (Å²) >= 11 is 0. The first-order valence-electron chi connectivity index (χ1n) is 7.00. The average molecular weight is 276 g/mol. The second kappa shape index (κ2) is 7.20. The Kier molecular flexibility index (Phi) is 5.89. The van der Waals surface area contributed by atoms with Gasteiger partial charge in [-0.1, -0.05) is 51.5 Å². The van der Waals surface area contributed by atoms with Gasteiger partial charge in [0.1, 0.15) is 0 Å². The van der Waals surface area contributed by atoms with Gasteiger partial charge in [-0.25, -0.2) is 0 Å². The Bertz CT molecular complexity index is 505. The molecule has 0 aromatic heterocycles. The molecule has 0 saturated heterocycles. The Hall–Kier alpha value is -1.68. The summed E-state index contributed by atoms with van der Waals surface area (Å²) in [6.45, 7) is 8.98. The molecular weight excluding hydrogens is 252 g/mol. The molecule has 20 heavy (non-hydrogen) atoms. The Morgan fingerprint density at radius 1 is 1.35 bits per heavy atom. The van der Waals surface area contributed by atoms with Crippen LogP contribution in [0.4, 0.5) is 5.69 Å². The molecule has 0 bridgehead atoms. The van der Waals surface area contributed by atoms with Crippen LogP contribution >= 0.6 is 0 Å². The zero-order chi connectivity index (χ0) is 15.3. The predicted molar refractivity (Wildman–Crippen MR) is 83.9 cm³/mol. The number of likely N-dealkylation sites (N-methyl/N-ethyl adjacent to an activating group) is 1.